The zero-order chi connectivity index (χ0) is 19.1. The highest BCUT2D eigenvalue weighted by atomic mass is 16.2. The second-order valence-electron chi connectivity index (χ2n) is 7.31. The summed E-state index contributed by atoms with van der Waals surface area (Å²) >= 11 is 0. The van der Waals surface area contributed by atoms with Crippen molar-refractivity contribution in [2.24, 2.45) is 0 Å². The third-order valence-corrected chi connectivity index (χ3v) is 5.21. The summed E-state index contributed by atoms with van der Waals surface area (Å²) in [6.45, 7) is 3.59. The largest absolute Gasteiger partial charge is 0.341 e. The van der Waals surface area contributed by atoms with Crippen molar-refractivity contribution in [2.45, 2.75) is 44.6 Å². The second-order valence-corrected chi connectivity index (χ2v) is 7.31. The normalized spacial score (nSPS) is 16.4. The Balaban J connectivity index is 1.71. The zero-order valence-corrected chi connectivity index (χ0v) is 15.9. The van der Waals surface area contributed by atoms with E-state index in [1.807, 2.05) is 72.5 Å². The van der Waals surface area contributed by atoms with E-state index < -0.39 is 6.04 Å². The highest BCUT2D eigenvalue weighted by Gasteiger charge is 2.28. The van der Waals surface area contributed by atoms with E-state index in [1.54, 1.807) is 0 Å². The third-order valence-electron chi connectivity index (χ3n) is 5.21. The van der Waals surface area contributed by atoms with E-state index in [9.17, 15) is 9.59 Å². The van der Waals surface area contributed by atoms with E-state index in [0.29, 0.717) is 6.42 Å². The van der Waals surface area contributed by atoms with Crippen LogP contribution < -0.4 is 5.32 Å². The van der Waals surface area contributed by atoms with Crippen LogP contribution in [0, 0.1) is 0 Å². The van der Waals surface area contributed by atoms with Crippen molar-refractivity contribution in [3.63, 3.8) is 0 Å². The molecular weight excluding hydrogens is 336 g/mol. The number of hydrogen-bond donors (Lipinski definition) is 1. The molecule has 3 rings (SSSR count). The molecular formula is C23H28N2O2. The van der Waals surface area contributed by atoms with Crippen LogP contribution in [0.4, 0.5) is 0 Å². The fourth-order valence-electron chi connectivity index (χ4n) is 3.63. The Labute approximate surface area is 161 Å². The minimum absolute atomic E-state index is 0.00149. The predicted octanol–water partition coefficient (Wildman–Crippen LogP) is 4.05. The van der Waals surface area contributed by atoms with Gasteiger partial charge in [-0.3, -0.25) is 9.59 Å². The molecule has 1 fully saturated rings. The molecule has 0 aromatic heterocycles. The predicted molar refractivity (Wildman–Crippen MR) is 107 cm³/mol. The number of benzene rings is 2. The maximum absolute atomic E-state index is 13.1. The van der Waals surface area contributed by atoms with Gasteiger partial charge in [-0.25, -0.2) is 0 Å². The average molecular weight is 364 g/mol. The van der Waals surface area contributed by atoms with Crippen LogP contribution in [0.25, 0.3) is 0 Å². The van der Waals surface area contributed by atoms with Gasteiger partial charge in [0.05, 0.1) is 0 Å². The third kappa shape index (κ3) is 5.19. The molecule has 1 aliphatic rings. The first-order valence-electron chi connectivity index (χ1n) is 9.83. The monoisotopic (exact) mass is 364 g/mol. The molecule has 1 aliphatic heterocycles. The molecule has 27 heavy (non-hydrogen) atoms. The first-order chi connectivity index (χ1) is 13.1. The maximum atomic E-state index is 13.1. The van der Waals surface area contributed by atoms with Crippen molar-refractivity contribution in [1.82, 2.24) is 10.2 Å². The van der Waals surface area contributed by atoms with Gasteiger partial charge in [-0.2, -0.15) is 0 Å². The van der Waals surface area contributed by atoms with E-state index >= 15 is 0 Å². The fourth-order valence-corrected chi connectivity index (χ4v) is 3.63. The second kappa shape index (κ2) is 9.36. The summed E-state index contributed by atoms with van der Waals surface area (Å²) in [5.41, 5.74) is 1.97. The molecule has 2 amide bonds. The van der Waals surface area contributed by atoms with Gasteiger partial charge in [0.2, 0.25) is 11.8 Å². The van der Waals surface area contributed by atoms with Crippen molar-refractivity contribution < 1.29 is 9.59 Å². The van der Waals surface area contributed by atoms with Crippen LogP contribution in [0.1, 0.15) is 55.7 Å². The van der Waals surface area contributed by atoms with Gasteiger partial charge in [-0.05, 0) is 36.3 Å². The van der Waals surface area contributed by atoms with Gasteiger partial charge in [0.1, 0.15) is 6.04 Å². The van der Waals surface area contributed by atoms with Crippen molar-refractivity contribution in [2.75, 3.05) is 13.1 Å². The van der Waals surface area contributed by atoms with Gasteiger partial charge >= 0.3 is 0 Å². The van der Waals surface area contributed by atoms with E-state index in [0.717, 1.165) is 37.1 Å². The van der Waals surface area contributed by atoms with Crippen molar-refractivity contribution in [3.8, 4) is 0 Å². The summed E-state index contributed by atoms with van der Waals surface area (Å²) in [5.74, 6) is 0.0138. The van der Waals surface area contributed by atoms with Crippen LogP contribution >= 0.6 is 0 Å². The van der Waals surface area contributed by atoms with Gasteiger partial charge < -0.3 is 10.2 Å². The van der Waals surface area contributed by atoms with Crippen LogP contribution in [0.5, 0.6) is 0 Å². The number of carbonyl (C=O) groups is 2. The summed E-state index contributed by atoms with van der Waals surface area (Å²) in [6, 6.07) is 18.9. The zero-order valence-electron chi connectivity index (χ0n) is 15.9. The van der Waals surface area contributed by atoms with E-state index in [1.165, 1.54) is 6.42 Å². The molecule has 0 bridgehead atoms. The standard InChI is InChI=1S/C23H28N2O2/c1-18(19-11-5-2-6-12-19)17-21(26)24-22(20-13-7-3-8-14-20)23(27)25-15-9-4-10-16-25/h2-3,5-8,11-14,18,22H,4,9-10,15-17H2,1H3,(H,24,26). The topological polar surface area (TPSA) is 49.4 Å². The molecule has 4 heteroatoms. The van der Waals surface area contributed by atoms with Gasteiger partial charge in [-0.15, -0.1) is 0 Å². The van der Waals surface area contributed by atoms with E-state index in [2.05, 4.69) is 5.32 Å². The highest BCUT2D eigenvalue weighted by molar-refractivity contribution is 5.89. The lowest BCUT2D eigenvalue weighted by molar-refractivity contribution is -0.137. The Bertz CT molecular complexity index is 739. The lowest BCUT2D eigenvalue weighted by Crippen LogP contribution is -2.45. The molecule has 0 spiro atoms. The first kappa shape index (κ1) is 19.2. The molecule has 2 unspecified atom stereocenters. The van der Waals surface area contributed by atoms with Crippen LogP contribution in [-0.2, 0) is 9.59 Å². The first-order valence-corrected chi connectivity index (χ1v) is 9.83. The van der Waals surface area contributed by atoms with Crippen LogP contribution in [-0.4, -0.2) is 29.8 Å². The average Bonchev–Trinajstić information content (AvgIpc) is 2.73. The summed E-state index contributed by atoms with van der Waals surface area (Å²) in [7, 11) is 0. The number of amides is 2. The summed E-state index contributed by atoms with van der Waals surface area (Å²) in [6.07, 6.45) is 3.60. The van der Waals surface area contributed by atoms with Gasteiger partial charge in [0.25, 0.3) is 0 Å². The smallest absolute Gasteiger partial charge is 0.249 e. The molecule has 4 nitrogen and oxygen atoms in total. The van der Waals surface area contributed by atoms with Crippen molar-refractivity contribution >= 4 is 11.8 Å². The molecule has 1 saturated heterocycles. The van der Waals surface area contributed by atoms with Crippen molar-refractivity contribution in [1.29, 1.82) is 0 Å². The minimum Gasteiger partial charge on any atom is -0.341 e. The molecule has 1 heterocycles. The number of nitrogens with one attached hydrogen (secondary N) is 1. The molecule has 0 radical (unpaired) electrons. The van der Waals surface area contributed by atoms with Crippen LogP contribution in [0.2, 0.25) is 0 Å². The fraction of sp³-hybridized carbons (Fsp3) is 0.391. The Kier molecular flexibility index (Phi) is 6.64. The quantitative estimate of drug-likeness (QED) is 0.841. The summed E-state index contributed by atoms with van der Waals surface area (Å²) in [4.78, 5) is 27.7. The molecule has 0 aliphatic carbocycles. The molecule has 2 atom stereocenters. The highest BCUT2D eigenvalue weighted by Crippen LogP contribution is 2.22. The molecule has 2 aromatic rings. The Morgan fingerprint density at radius 3 is 2.04 bits per heavy atom. The van der Waals surface area contributed by atoms with Crippen LogP contribution in [0.3, 0.4) is 0 Å². The SMILES string of the molecule is CC(CC(=O)NC(C(=O)N1CCCCC1)c1ccccc1)c1ccccc1. The molecule has 2 aromatic carbocycles. The molecule has 0 saturated carbocycles. The summed E-state index contributed by atoms with van der Waals surface area (Å²) < 4.78 is 0. The van der Waals surface area contributed by atoms with E-state index in [4.69, 9.17) is 0 Å². The minimum atomic E-state index is -0.611. The van der Waals surface area contributed by atoms with Crippen molar-refractivity contribution in [3.05, 3.63) is 71.8 Å². The number of nitrogens with zero attached hydrogens (tertiary/aromatic N) is 1. The lowest BCUT2D eigenvalue weighted by Gasteiger charge is -2.31. The summed E-state index contributed by atoms with van der Waals surface area (Å²) in [5, 5.41) is 3.00. The molecule has 142 valence electrons. The number of rotatable bonds is 6. The van der Waals surface area contributed by atoms with Gasteiger partial charge in [-0.1, -0.05) is 67.6 Å². The number of likely N-dealkylation sites (tertiary alicyclic amines) is 1. The van der Waals surface area contributed by atoms with Gasteiger partial charge in [0.15, 0.2) is 0 Å². The number of hydrogen-bond acceptors (Lipinski definition) is 2. The van der Waals surface area contributed by atoms with Gasteiger partial charge in [0, 0.05) is 19.5 Å². The number of piperidine rings is 1. The Morgan fingerprint density at radius 1 is 0.889 bits per heavy atom. The van der Waals surface area contributed by atoms with E-state index in [-0.39, 0.29) is 17.7 Å². The van der Waals surface area contributed by atoms with Crippen LogP contribution in [0.15, 0.2) is 60.7 Å². The number of carbonyl (C=O) groups excluding carboxylic acids is 2. The Hall–Kier alpha value is -2.62. The Morgan fingerprint density at radius 2 is 1.44 bits per heavy atom. The lowest BCUT2D eigenvalue weighted by atomic mass is 9.97. The molecule has 1 N–H and O–H groups in total. The maximum Gasteiger partial charge on any atom is 0.249 e.